The number of nitrogens with one attached hydrogen (secondary N) is 1. The Morgan fingerprint density at radius 3 is 2.70 bits per heavy atom. The van der Waals surface area contributed by atoms with E-state index >= 15 is 0 Å². The number of carbonyl (C=O) groups excluding carboxylic acids is 2. The topological polar surface area (TPSA) is 93.4 Å². The van der Waals surface area contributed by atoms with Crippen molar-refractivity contribution < 1.29 is 14.7 Å². The van der Waals surface area contributed by atoms with Gasteiger partial charge < -0.3 is 15.3 Å². The second-order valence-electron chi connectivity index (χ2n) is 6.35. The van der Waals surface area contributed by atoms with Gasteiger partial charge >= 0.3 is 0 Å². The third-order valence-electron chi connectivity index (χ3n) is 4.38. The molecule has 8 heteroatoms. The summed E-state index contributed by atoms with van der Waals surface area (Å²) >= 11 is 7.11. The molecule has 1 fully saturated rings. The standard InChI is InChI=1S/C19H18ClN3O3S/c20-13-3-1-12(2-4-13)10-22-19(26)17-7-14(24)11-23(17)18(25)8-15-5-6-16(9-21)27-15/h1-6,14,17,24H,7-8,10-11H2,(H,22,26). The molecular formula is C19H18ClN3O3S. The Morgan fingerprint density at radius 2 is 2.04 bits per heavy atom. The molecule has 2 heterocycles. The summed E-state index contributed by atoms with van der Waals surface area (Å²) < 4.78 is 0. The highest BCUT2D eigenvalue weighted by molar-refractivity contribution is 7.12. The molecule has 1 aliphatic rings. The van der Waals surface area contributed by atoms with Gasteiger partial charge in [0.1, 0.15) is 17.0 Å². The fourth-order valence-corrected chi connectivity index (χ4v) is 3.95. The zero-order valence-corrected chi connectivity index (χ0v) is 16.0. The van der Waals surface area contributed by atoms with Crippen LogP contribution in [0.1, 0.15) is 21.7 Å². The molecule has 140 valence electrons. The number of hydrogen-bond donors (Lipinski definition) is 2. The summed E-state index contributed by atoms with van der Waals surface area (Å²) in [5.74, 6) is -0.525. The Labute approximate surface area is 166 Å². The molecular weight excluding hydrogens is 386 g/mol. The second-order valence-corrected chi connectivity index (χ2v) is 7.95. The molecule has 1 aromatic heterocycles. The third-order valence-corrected chi connectivity index (χ3v) is 5.62. The van der Waals surface area contributed by atoms with E-state index in [9.17, 15) is 14.7 Å². The molecule has 3 rings (SSSR count). The monoisotopic (exact) mass is 403 g/mol. The lowest BCUT2D eigenvalue weighted by molar-refractivity contribution is -0.138. The summed E-state index contributed by atoms with van der Waals surface area (Å²) in [5.41, 5.74) is 0.895. The molecule has 27 heavy (non-hydrogen) atoms. The summed E-state index contributed by atoms with van der Waals surface area (Å²) in [4.78, 5) is 27.9. The van der Waals surface area contributed by atoms with Crippen LogP contribution in [-0.4, -0.2) is 40.5 Å². The van der Waals surface area contributed by atoms with Crippen molar-refractivity contribution in [1.29, 1.82) is 5.26 Å². The average Bonchev–Trinajstić information content (AvgIpc) is 3.27. The predicted octanol–water partition coefficient (Wildman–Crippen LogP) is 2.09. The van der Waals surface area contributed by atoms with Gasteiger partial charge in [0.25, 0.3) is 0 Å². The number of amides is 2. The molecule has 0 bridgehead atoms. The number of benzene rings is 1. The average molecular weight is 404 g/mol. The Bertz CT molecular complexity index is 875. The number of hydrogen-bond acceptors (Lipinski definition) is 5. The maximum Gasteiger partial charge on any atom is 0.243 e. The van der Waals surface area contributed by atoms with Crippen LogP contribution in [0.5, 0.6) is 0 Å². The van der Waals surface area contributed by atoms with Gasteiger partial charge in [-0.15, -0.1) is 11.3 Å². The maximum absolute atomic E-state index is 12.6. The van der Waals surface area contributed by atoms with Crippen molar-refractivity contribution in [3.63, 3.8) is 0 Å². The van der Waals surface area contributed by atoms with Crippen molar-refractivity contribution in [3.05, 3.63) is 56.7 Å². The minimum atomic E-state index is -0.724. The normalized spacial score (nSPS) is 18.9. The molecule has 2 unspecified atom stereocenters. The number of carbonyl (C=O) groups is 2. The maximum atomic E-state index is 12.6. The lowest BCUT2D eigenvalue weighted by atomic mass is 10.1. The number of halogens is 1. The number of aliphatic hydroxyl groups is 1. The van der Waals surface area contributed by atoms with Crippen LogP contribution >= 0.6 is 22.9 Å². The van der Waals surface area contributed by atoms with E-state index in [0.717, 1.165) is 10.4 Å². The van der Waals surface area contributed by atoms with Crippen LogP contribution in [0, 0.1) is 11.3 Å². The molecule has 0 aliphatic carbocycles. The quantitative estimate of drug-likeness (QED) is 0.799. The first-order valence-corrected chi connectivity index (χ1v) is 9.64. The summed E-state index contributed by atoms with van der Waals surface area (Å²) in [7, 11) is 0. The number of aliphatic hydroxyl groups excluding tert-OH is 1. The number of nitrogens with zero attached hydrogens (tertiary/aromatic N) is 2. The molecule has 0 spiro atoms. The van der Waals surface area contributed by atoms with Gasteiger partial charge in [-0.2, -0.15) is 5.26 Å². The molecule has 1 saturated heterocycles. The highest BCUT2D eigenvalue weighted by Crippen LogP contribution is 2.22. The van der Waals surface area contributed by atoms with Crippen LogP contribution in [-0.2, 0) is 22.6 Å². The highest BCUT2D eigenvalue weighted by Gasteiger charge is 2.38. The van der Waals surface area contributed by atoms with E-state index in [2.05, 4.69) is 5.32 Å². The molecule has 1 aromatic carbocycles. The van der Waals surface area contributed by atoms with E-state index in [1.165, 1.54) is 16.2 Å². The third kappa shape index (κ3) is 4.86. The first-order chi connectivity index (χ1) is 13.0. The largest absolute Gasteiger partial charge is 0.391 e. The van der Waals surface area contributed by atoms with E-state index in [1.807, 2.05) is 18.2 Å². The minimum Gasteiger partial charge on any atom is -0.391 e. The smallest absolute Gasteiger partial charge is 0.243 e. The number of β-amino-alcohol motifs (C(OH)–C–C–N with tert-alkyl or cyclic N) is 1. The van der Waals surface area contributed by atoms with Gasteiger partial charge in [-0.05, 0) is 29.8 Å². The van der Waals surface area contributed by atoms with Gasteiger partial charge in [-0.25, -0.2) is 0 Å². The van der Waals surface area contributed by atoms with E-state index in [-0.39, 0.29) is 31.2 Å². The van der Waals surface area contributed by atoms with Crippen molar-refractivity contribution in [2.75, 3.05) is 6.54 Å². The van der Waals surface area contributed by atoms with Crippen LogP contribution in [0.3, 0.4) is 0 Å². The van der Waals surface area contributed by atoms with Gasteiger partial charge in [-0.1, -0.05) is 23.7 Å². The lowest BCUT2D eigenvalue weighted by Gasteiger charge is -2.23. The molecule has 6 nitrogen and oxygen atoms in total. The van der Waals surface area contributed by atoms with Gasteiger partial charge in [0, 0.05) is 29.4 Å². The van der Waals surface area contributed by atoms with E-state index < -0.39 is 12.1 Å². The fourth-order valence-electron chi connectivity index (χ4n) is 3.03. The summed E-state index contributed by atoms with van der Waals surface area (Å²) in [6.07, 6.45) is -0.398. The van der Waals surface area contributed by atoms with Crippen molar-refractivity contribution in [2.24, 2.45) is 0 Å². The van der Waals surface area contributed by atoms with Crippen LogP contribution in [0.4, 0.5) is 0 Å². The van der Waals surface area contributed by atoms with Crippen LogP contribution in [0.15, 0.2) is 36.4 Å². The van der Waals surface area contributed by atoms with Gasteiger partial charge in [-0.3, -0.25) is 9.59 Å². The van der Waals surface area contributed by atoms with E-state index in [4.69, 9.17) is 16.9 Å². The zero-order chi connectivity index (χ0) is 19.4. The SMILES string of the molecule is N#Cc1ccc(CC(=O)N2CC(O)CC2C(=O)NCc2ccc(Cl)cc2)s1. The highest BCUT2D eigenvalue weighted by atomic mass is 35.5. The van der Waals surface area contributed by atoms with Crippen molar-refractivity contribution in [1.82, 2.24) is 10.2 Å². The van der Waals surface area contributed by atoms with Crippen molar-refractivity contribution >= 4 is 34.8 Å². The Hall–Kier alpha value is -2.40. The van der Waals surface area contributed by atoms with Crippen molar-refractivity contribution in [2.45, 2.75) is 31.5 Å². The minimum absolute atomic E-state index is 0.111. The Morgan fingerprint density at radius 1 is 1.30 bits per heavy atom. The van der Waals surface area contributed by atoms with E-state index in [0.29, 0.717) is 16.4 Å². The summed E-state index contributed by atoms with van der Waals surface area (Å²) in [5, 5.41) is 22.3. The number of nitriles is 1. The zero-order valence-electron chi connectivity index (χ0n) is 14.4. The molecule has 0 radical (unpaired) electrons. The van der Waals surface area contributed by atoms with E-state index in [1.54, 1.807) is 24.3 Å². The summed E-state index contributed by atoms with van der Waals surface area (Å²) in [6, 6.07) is 11.9. The van der Waals surface area contributed by atoms with Gasteiger partial charge in [0.2, 0.25) is 11.8 Å². The molecule has 1 aliphatic heterocycles. The van der Waals surface area contributed by atoms with Crippen molar-refractivity contribution in [3.8, 4) is 6.07 Å². The number of likely N-dealkylation sites (tertiary alicyclic amines) is 1. The molecule has 2 atom stereocenters. The number of rotatable bonds is 5. The Kier molecular flexibility index (Phi) is 6.11. The van der Waals surface area contributed by atoms with Gasteiger partial charge in [0.15, 0.2) is 0 Å². The van der Waals surface area contributed by atoms with Crippen LogP contribution < -0.4 is 5.32 Å². The molecule has 0 saturated carbocycles. The molecule has 2 aromatic rings. The van der Waals surface area contributed by atoms with Gasteiger partial charge in [0.05, 0.1) is 12.5 Å². The molecule has 2 amide bonds. The fraction of sp³-hybridized carbons (Fsp3) is 0.316. The van der Waals surface area contributed by atoms with Crippen LogP contribution in [0.25, 0.3) is 0 Å². The first kappa shape index (κ1) is 19.4. The lowest BCUT2D eigenvalue weighted by Crippen LogP contribution is -2.46. The number of thiophene rings is 1. The molecule has 2 N–H and O–H groups in total. The van der Waals surface area contributed by atoms with Crippen LogP contribution in [0.2, 0.25) is 5.02 Å². The Balaban J connectivity index is 1.62. The first-order valence-electron chi connectivity index (χ1n) is 8.45. The summed E-state index contributed by atoms with van der Waals surface area (Å²) in [6.45, 7) is 0.454. The predicted molar refractivity (Wildman–Crippen MR) is 102 cm³/mol. The second kappa shape index (κ2) is 8.53.